The maximum Gasteiger partial charge on any atom is 0.222 e. The highest BCUT2D eigenvalue weighted by Crippen LogP contribution is 2.26. The fourth-order valence-electron chi connectivity index (χ4n) is 3.20. The molecule has 28 heavy (non-hydrogen) atoms. The fourth-order valence-corrected chi connectivity index (χ4v) is 3.20. The first-order valence-corrected chi connectivity index (χ1v) is 9.20. The van der Waals surface area contributed by atoms with Gasteiger partial charge in [0.1, 0.15) is 17.7 Å². The lowest BCUT2D eigenvalue weighted by molar-refractivity contribution is 0.834. The summed E-state index contributed by atoms with van der Waals surface area (Å²) in [7, 11) is 0. The molecule has 0 aliphatic carbocycles. The summed E-state index contributed by atoms with van der Waals surface area (Å²) in [5, 5.41) is 3.34. The van der Waals surface area contributed by atoms with Gasteiger partial charge >= 0.3 is 0 Å². The van der Waals surface area contributed by atoms with Crippen molar-refractivity contribution in [1.29, 1.82) is 0 Å². The van der Waals surface area contributed by atoms with E-state index in [2.05, 4.69) is 61.2 Å². The third kappa shape index (κ3) is 3.62. The monoisotopic (exact) mass is 374 g/mol. The van der Waals surface area contributed by atoms with Crippen molar-refractivity contribution in [2.45, 2.75) is 26.7 Å². The number of nitrogen functional groups attached to an aromatic ring is 1. The number of anilines is 2. The van der Waals surface area contributed by atoms with Crippen molar-refractivity contribution in [3.05, 3.63) is 53.7 Å². The summed E-state index contributed by atoms with van der Waals surface area (Å²) < 4.78 is 0. The van der Waals surface area contributed by atoms with Crippen molar-refractivity contribution in [2.24, 2.45) is 0 Å². The minimum Gasteiger partial charge on any atom is -0.370 e. The molecule has 0 amide bonds. The number of rotatable bonds is 6. The van der Waals surface area contributed by atoms with E-state index >= 15 is 0 Å². The molecule has 0 unspecified atom stereocenters. The minimum absolute atomic E-state index is 0.260. The molecule has 4 aromatic rings. The Balaban J connectivity index is 1.45. The molecule has 0 bridgehead atoms. The molecule has 3 heterocycles. The van der Waals surface area contributed by atoms with Crippen LogP contribution in [-0.4, -0.2) is 36.4 Å². The average molecular weight is 374 g/mol. The van der Waals surface area contributed by atoms with Crippen LogP contribution in [0.25, 0.3) is 22.4 Å². The highest BCUT2D eigenvalue weighted by atomic mass is 15.1. The van der Waals surface area contributed by atoms with Gasteiger partial charge in [0, 0.05) is 18.2 Å². The number of hydrogen-bond donors (Lipinski definition) is 3. The summed E-state index contributed by atoms with van der Waals surface area (Å²) in [6, 6.07) is 8.11. The third-order valence-electron chi connectivity index (χ3n) is 4.82. The Morgan fingerprint density at radius 2 is 2.00 bits per heavy atom. The number of imidazole rings is 1. The van der Waals surface area contributed by atoms with Crippen molar-refractivity contribution >= 4 is 22.9 Å². The molecule has 0 atom stereocenters. The Hall–Kier alpha value is -3.55. The summed E-state index contributed by atoms with van der Waals surface area (Å²) >= 11 is 0. The zero-order chi connectivity index (χ0) is 19.5. The predicted molar refractivity (Wildman–Crippen MR) is 110 cm³/mol. The molecule has 4 rings (SSSR count). The number of aromatic amines is 1. The van der Waals surface area contributed by atoms with E-state index in [0.29, 0.717) is 5.65 Å². The normalized spacial score (nSPS) is 11.1. The standard InChI is InChI=1S/C20H22N8/c1-12-5-3-6-14(13(12)2)16-9-17(28-20(21)27-16)22-8-4-7-15-18-19(25-10-23-15)26-11-24-18/h3,5-6,9-11H,4,7-8H2,1-2H3,(H3,21,22,27,28)(H,23,24,25,26). The van der Waals surface area contributed by atoms with E-state index in [1.54, 1.807) is 12.7 Å². The van der Waals surface area contributed by atoms with Crippen LogP contribution in [0.2, 0.25) is 0 Å². The molecule has 0 fully saturated rings. The van der Waals surface area contributed by atoms with Crippen molar-refractivity contribution in [2.75, 3.05) is 17.6 Å². The smallest absolute Gasteiger partial charge is 0.222 e. The number of nitrogens with zero attached hydrogens (tertiary/aromatic N) is 5. The molecule has 142 valence electrons. The first kappa shape index (κ1) is 17.8. The Morgan fingerprint density at radius 1 is 1.11 bits per heavy atom. The van der Waals surface area contributed by atoms with E-state index < -0.39 is 0 Å². The first-order valence-electron chi connectivity index (χ1n) is 9.20. The van der Waals surface area contributed by atoms with Gasteiger partial charge in [-0.15, -0.1) is 0 Å². The predicted octanol–water partition coefficient (Wildman–Crippen LogP) is 3.05. The maximum absolute atomic E-state index is 5.94. The number of nitrogens with two attached hydrogens (primary N) is 1. The van der Waals surface area contributed by atoms with Crippen LogP contribution >= 0.6 is 0 Å². The van der Waals surface area contributed by atoms with E-state index in [0.717, 1.165) is 47.7 Å². The third-order valence-corrected chi connectivity index (χ3v) is 4.82. The maximum atomic E-state index is 5.94. The van der Waals surface area contributed by atoms with Crippen molar-refractivity contribution in [1.82, 2.24) is 29.9 Å². The van der Waals surface area contributed by atoms with Gasteiger partial charge in [-0.25, -0.2) is 19.9 Å². The van der Waals surface area contributed by atoms with Gasteiger partial charge in [0.05, 0.1) is 17.7 Å². The molecule has 3 aromatic heterocycles. The average Bonchev–Trinajstić information content (AvgIpc) is 3.16. The Kier molecular flexibility index (Phi) is 4.84. The molecule has 4 N–H and O–H groups in total. The molecule has 8 heteroatoms. The summed E-state index contributed by atoms with van der Waals surface area (Å²) in [5.41, 5.74) is 12.8. The van der Waals surface area contributed by atoms with E-state index in [4.69, 9.17) is 5.73 Å². The molecule has 0 aliphatic heterocycles. The van der Waals surface area contributed by atoms with Crippen LogP contribution in [0.3, 0.4) is 0 Å². The number of nitrogens with one attached hydrogen (secondary N) is 2. The zero-order valence-electron chi connectivity index (χ0n) is 15.9. The Morgan fingerprint density at radius 3 is 2.89 bits per heavy atom. The quantitative estimate of drug-likeness (QED) is 0.444. The topological polar surface area (TPSA) is 118 Å². The van der Waals surface area contributed by atoms with Gasteiger partial charge in [-0.3, -0.25) is 0 Å². The summed E-state index contributed by atoms with van der Waals surface area (Å²) in [6.07, 6.45) is 4.87. The number of fused-ring (bicyclic) bond motifs is 1. The molecule has 0 radical (unpaired) electrons. The minimum atomic E-state index is 0.260. The lowest BCUT2D eigenvalue weighted by atomic mass is 10.0. The van der Waals surface area contributed by atoms with Crippen LogP contribution in [0, 0.1) is 13.8 Å². The van der Waals surface area contributed by atoms with E-state index in [-0.39, 0.29) is 5.95 Å². The van der Waals surface area contributed by atoms with Crippen molar-refractivity contribution < 1.29 is 0 Å². The lowest BCUT2D eigenvalue weighted by Gasteiger charge is -2.11. The Bertz CT molecular complexity index is 1120. The van der Waals surface area contributed by atoms with Gasteiger partial charge in [-0.1, -0.05) is 18.2 Å². The molecular weight excluding hydrogens is 352 g/mol. The Labute approximate surface area is 162 Å². The molecule has 0 aliphatic rings. The van der Waals surface area contributed by atoms with E-state index in [1.807, 2.05) is 12.1 Å². The van der Waals surface area contributed by atoms with Crippen LogP contribution in [0.5, 0.6) is 0 Å². The van der Waals surface area contributed by atoms with Gasteiger partial charge < -0.3 is 16.0 Å². The van der Waals surface area contributed by atoms with Gasteiger partial charge in [-0.2, -0.15) is 4.98 Å². The van der Waals surface area contributed by atoms with Crippen LogP contribution in [-0.2, 0) is 6.42 Å². The largest absolute Gasteiger partial charge is 0.370 e. The number of aromatic nitrogens is 6. The second-order valence-corrected chi connectivity index (χ2v) is 6.70. The highest BCUT2D eigenvalue weighted by molar-refractivity contribution is 5.72. The summed E-state index contributed by atoms with van der Waals surface area (Å²) in [4.78, 5) is 24.5. The van der Waals surface area contributed by atoms with Crippen molar-refractivity contribution in [3.8, 4) is 11.3 Å². The zero-order valence-corrected chi connectivity index (χ0v) is 15.9. The van der Waals surface area contributed by atoms with Crippen LogP contribution in [0.1, 0.15) is 23.2 Å². The van der Waals surface area contributed by atoms with Gasteiger partial charge in [0.15, 0.2) is 5.65 Å². The molecular formula is C20H22N8. The lowest BCUT2D eigenvalue weighted by Crippen LogP contribution is -2.08. The van der Waals surface area contributed by atoms with Gasteiger partial charge in [-0.05, 0) is 37.8 Å². The number of hydrogen-bond acceptors (Lipinski definition) is 7. The SMILES string of the molecule is Cc1cccc(-c2cc(NCCCc3ncnc4nc[nH]c34)nc(N)n2)c1C. The van der Waals surface area contributed by atoms with Crippen LogP contribution in [0.15, 0.2) is 36.9 Å². The highest BCUT2D eigenvalue weighted by Gasteiger charge is 2.09. The summed E-state index contributed by atoms with van der Waals surface area (Å²) in [6.45, 7) is 4.92. The molecule has 0 saturated carbocycles. The summed E-state index contributed by atoms with van der Waals surface area (Å²) in [5.74, 6) is 0.980. The van der Waals surface area contributed by atoms with E-state index in [1.165, 1.54) is 11.1 Å². The number of benzene rings is 1. The first-order chi connectivity index (χ1) is 13.6. The molecule has 0 saturated heterocycles. The second-order valence-electron chi connectivity index (χ2n) is 6.70. The van der Waals surface area contributed by atoms with Gasteiger partial charge in [0.25, 0.3) is 0 Å². The van der Waals surface area contributed by atoms with Gasteiger partial charge in [0.2, 0.25) is 5.95 Å². The second kappa shape index (κ2) is 7.59. The molecule has 8 nitrogen and oxygen atoms in total. The van der Waals surface area contributed by atoms with Crippen LogP contribution in [0.4, 0.5) is 11.8 Å². The fraction of sp³-hybridized carbons (Fsp3) is 0.250. The number of H-pyrrole nitrogens is 1. The van der Waals surface area contributed by atoms with E-state index in [9.17, 15) is 0 Å². The molecule has 1 aromatic carbocycles. The van der Waals surface area contributed by atoms with Crippen molar-refractivity contribution in [3.63, 3.8) is 0 Å². The molecule has 0 spiro atoms. The van der Waals surface area contributed by atoms with Crippen LogP contribution < -0.4 is 11.1 Å². The number of aryl methyl sites for hydroxylation is 2.